The molecule has 1 unspecified atom stereocenters. The zero-order chi connectivity index (χ0) is 20.1. The number of halogens is 4. The first kappa shape index (κ1) is 19.5. The Balaban J connectivity index is 2.06. The minimum absolute atomic E-state index is 0.0866. The molecule has 0 bridgehead atoms. The minimum atomic E-state index is -2.14. The van der Waals surface area contributed by atoms with Crippen LogP contribution in [-0.2, 0) is 4.79 Å². The first-order valence-corrected chi connectivity index (χ1v) is 10.0. The number of ketones is 1. The number of nitrogens with zero attached hydrogens (tertiary/aromatic N) is 1. The molecule has 7 heteroatoms. The number of hydrogen-bond acceptors (Lipinski definition) is 2. The Bertz CT molecular complexity index is 1040. The molecule has 2 aromatic carbocycles. The molecule has 0 saturated heterocycles. The number of carbonyl (C=O) groups excluding carboxylic acids is 2. The zero-order valence-corrected chi connectivity index (χ0v) is 17.4. The summed E-state index contributed by atoms with van der Waals surface area (Å²) >= 11 is 24.3. The van der Waals surface area contributed by atoms with Crippen LogP contribution >= 0.6 is 46.4 Å². The standard InChI is InChI=1S/C21H13Cl4NO2/c22-16-11-26(20(28)21(23,24)25)19(12-6-2-1-3-7-12)18-14-9-5-4-8-13(14)17(27)10-15(16)18/h1-10,16H,11H2. The fourth-order valence-corrected chi connectivity index (χ4v) is 4.21. The summed E-state index contributed by atoms with van der Waals surface area (Å²) in [5.41, 5.74) is 3.95. The molecule has 142 valence electrons. The van der Waals surface area contributed by atoms with Gasteiger partial charge >= 0.3 is 0 Å². The van der Waals surface area contributed by atoms with E-state index in [1.807, 2.05) is 42.5 Å². The molecule has 1 aliphatic heterocycles. The zero-order valence-electron chi connectivity index (χ0n) is 14.3. The second-order valence-electron chi connectivity index (χ2n) is 6.48. The highest BCUT2D eigenvalue weighted by atomic mass is 35.6. The van der Waals surface area contributed by atoms with Crippen molar-refractivity contribution in [3.63, 3.8) is 0 Å². The molecule has 0 N–H and O–H groups in total. The van der Waals surface area contributed by atoms with Crippen molar-refractivity contribution in [1.82, 2.24) is 4.90 Å². The maximum absolute atomic E-state index is 13.0. The van der Waals surface area contributed by atoms with E-state index in [1.165, 1.54) is 11.0 Å². The molecular formula is C21H13Cl4NO2. The Morgan fingerprint density at radius 1 is 0.964 bits per heavy atom. The summed E-state index contributed by atoms with van der Waals surface area (Å²) in [4.78, 5) is 27.0. The number of amides is 1. The summed E-state index contributed by atoms with van der Waals surface area (Å²) in [5.74, 6) is -0.809. The van der Waals surface area contributed by atoms with Gasteiger partial charge in [0, 0.05) is 17.7 Å². The van der Waals surface area contributed by atoms with Gasteiger partial charge in [-0.15, -0.1) is 11.6 Å². The lowest BCUT2D eigenvalue weighted by Crippen LogP contribution is -2.45. The van der Waals surface area contributed by atoms with Gasteiger partial charge in [-0.1, -0.05) is 89.4 Å². The van der Waals surface area contributed by atoms with Gasteiger partial charge in [-0.05, 0) is 22.8 Å². The molecule has 0 saturated carbocycles. The second kappa shape index (κ2) is 7.23. The van der Waals surface area contributed by atoms with Gasteiger partial charge in [-0.25, -0.2) is 0 Å². The van der Waals surface area contributed by atoms with Crippen LogP contribution in [0.1, 0.15) is 21.5 Å². The highest BCUT2D eigenvalue weighted by Gasteiger charge is 2.43. The number of hydrogen-bond donors (Lipinski definition) is 0. The Morgan fingerprint density at radius 3 is 2.21 bits per heavy atom. The first-order valence-electron chi connectivity index (χ1n) is 8.47. The Kier molecular flexibility index (Phi) is 5.05. The molecule has 1 aliphatic carbocycles. The van der Waals surface area contributed by atoms with Crippen LogP contribution in [-0.4, -0.2) is 32.3 Å². The van der Waals surface area contributed by atoms with Crippen molar-refractivity contribution < 1.29 is 9.59 Å². The van der Waals surface area contributed by atoms with Gasteiger partial charge in [0.15, 0.2) is 5.78 Å². The molecule has 3 nitrogen and oxygen atoms in total. The highest BCUT2D eigenvalue weighted by molar-refractivity contribution is 6.76. The molecule has 0 fully saturated rings. The average molecular weight is 453 g/mol. The molecule has 4 rings (SSSR count). The van der Waals surface area contributed by atoms with Crippen LogP contribution in [0.2, 0.25) is 0 Å². The molecule has 2 aliphatic rings. The molecule has 28 heavy (non-hydrogen) atoms. The first-order chi connectivity index (χ1) is 13.3. The Hall–Kier alpha value is -1.78. The quantitative estimate of drug-likeness (QED) is 0.536. The maximum atomic E-state index is 13.0. The van der Waals surface area contributed by atoms with E-state index in [-0.39, 0.29) is 12.3 Å². The van der Waals surface area contributed by atoms with Crippen molar-refractivity contribution in [3.05, 3.63) is 82.9 Å². The van der Waals surface area contributed by atoms with Gasteiger partial charge in [0.2, 0.25) is 0 Å². The van der Waals surface area contributed by atoms with Gasteiger partial charge in [0.1, 0.15) is 0 Å². The smallest absolute Gasteiger partial charge is 0.279 e. The summed E-state index contributed by atoms with van der Waals surface area (Å²) in [6.45, 7) is 0.0866. The third-order valence-corrected chi connectivity index (χ3v) is 5.62. The topological polar surface area (TPSA) is 37.4 Å². The number of carbonyl (C=O) groups is 2. The summed E-state index contributed by atoms with van der Waals surface area (Å²) in [6, 6.07) is 16.5. The number of fused-ring (bicyclic) bond motifs is 3. The van der Waals surface area contributed by atoms with Crippen molar-refractivity contribution in [1.29, 1.82) is 0 Å². The minimum Gasteiger partial charge on any atom is -0.306 e. The maximum Gasteiger partial charge on any atom is 0.279 e. The fourth-order valence-electron chi connectivity index (χ4n) is 3.59. The van der Waals surface area contributed by atoms with Crippen molar-refractivity contribution in [3.8, 4) is 0 Å². The predicted octanol–water partition coefficient (Wildman–Crippen LogP) is 5.50. The monoisotopic (exact) mass is 451 g/mol. The van der Waals surface area contributed by atoms with Crippen LogP contribution in [0.3, 0.4) is 0 Å². The molecule has 0 spiro atoms. The number of rotatable bonds is 1. The van der Waals surface area contributed by atoms with Gasteiger partial charge in [0.25, 0.3) is 9.70 Å². The molecule has 1 amide bonds. The van der Waals surface area contributed by atoms with E-state index in [9.17, 15) is 9.59 Å². The SMILES string of the molecule is O=C1C=C2C(=C(c3ccccc3)N(C(=O)C(Cl)(Cl)Cl)CC2Cl)c2ccccc21. The predicted molar refractivity (Wildman–Crippen MR) is 114 cm³/mol. The number of allylic oxidation sites excluding steroid dienone is 2. The van der Waals surface area contributed by atoms with E-state index in [1.54, 1.807) is 12.1 Å². The molecule has 1 atom stereocenters. The van der Waals surface area contributed by atoms with E-state index in [4.69, 9.17) is 46.4 Å². The van der Waals surface area contributed by atoms with E-state index < -0.39 is 15.1 Å². The van der Waals surface area contributed by atoms with Crippen molar-refractivity contribution in [2.75, 3.05) is 6.54 Å². The van der Waals surface area contributed by atoms with E-state index in [0.29, 0.717) is 28.0 Å². The highest BCUT2D eigenvalue weighted by Crippen LogP contribution is 2.46. The van der Waals surface area contributed by atoms with E-state index in [2.05, 4.69) is 0 Å². The van der Waals surface area contributed by atoms with Crippen molar-refractivity contribution in [2.45, 2.75) is 9.17 Å². The van der Waals surface area contributed by atoms with Crippen molar-refractivity contribution >= 4 is 69.4 Å². The average Bonchev–Trinajstić information content (AvgIpc) is 2.68. The Labute approximate surface area is 182 Å². The van der Waals surface area contributed by atoms with Gasteiger partial charge in [-0.2, -0.15) is 0 Å². The van der Waals surface area contributed by atoms with Crippen LogP contribution in [0, 0.1) is 0 Å². The summed E-state index contributed by atoms with van der Waals surface area (Å²) in [5, 5.41) is -0.615. The van der Waals surface area contributed by atoms with E-state index >= 15 is 0 Å². The van der Waals surface area contributed by atoms with E-state index in [0.717, 1.165) is 5.56 Å². The summed E-state index contributed by atoms with van der Waals surface area (Å²) in [7, 11) is 0. The summed E-state index contributed by atoms with van der Waals surface area (Å²) in [6.07, 6.45) is 1.54. The van der Waals surface area contributed by atoms with Crippen LogP contribution in [0.25, 0.3) is 11.3 Å². The largest absolute Gasteiger partial charge is 0.306 e. The summed E-state index contributed by atoms with van der Waals surface area (Å²) < 4.78 is -2.14. The molecule has 2 aromatic rings. The molecule has 0 aromatic heterocycles. The van der Waals surface area contributed by atoms with Gasteiger partial charge < -0.3 is 4.90 Å². The third kappa shape index (κ3) is 3.27. The molecular weight excluding hydrogens is 440 g/mol. The van der Waals surface area contributed by atoms with Crippen LogP contribution < -0.4 is 0 Å². The normalized spacial score (nSPS) is 19.1. The van der Waals surface area contributed by atoms with Crippen LogP contribution in [0.4, 0.5) is 0 Å². The van der Waals surface area contributed by atoms with Crippen LogP contribution in [0.15, 0.2) is 66.2 Å². The fraction of sp³-hybridized carbons (Fsp3) is 0.143. The number of benzene rings is 2. The Morgan fingerprint density at radius 2 is 1.57 bits per heavy atom. The lowest BCUT2D eigenvalue weighted by atomic mass is 9.80. The molecule has 1 heterocycles. The third-order valence-electron chi connectivity index (χ3n) is 4.76. The van der Waals surface area contributed by atoms with Gasteiger partial charge in [-0.3, -0.25) is 9.59 Å². The van der Waals surface area contributed by atoms with Gasteiger partial charge in [0.05, 0.1) is 11.1 Å². The number of alkyl halides is 4. The lowest BCUT2D eigenvalue weighted by Gasteiger charge is -2.39. The van der Waals surface area contributed by atoms with Crippen molar-refractivity contribution in [2.24, 2.45) is 0 Å². The lowest BCUT2D eigenvalue weighted by molar-refractivity contribution is -0.127. The molecule has 0 radical (unpaired) electrons. The van der Waals surface area contributed by atoms with Crippen LogP contribution in [0.5, 0.6) is 0 Å². The second-order valence-corrected chi connectivity index (χ2v) is 9.29.